The van der Waals surface area contributed by atoms with Crippen LogP contribution in [0.1, 0.15) is 24.2 Å². The highest BCUT2D eigenvalue weighted by molar-refractivity contribution is 6.30. The van der Waals surface area contributed by atoms with E-state index in [0.29, 0.717) is 21.2 Å². The quantitative estimate of drug-likeness (QED) is 0.451. The van der Waals surface area contributed by atoms with Crippen molar-refractivity contribution in [1.29, 1.82) is 0 Å². The second kappa shape index (κ2) is 10.9. The molecule has 0 aliphatic carbocycles. The highest BCUT2D eigenvalue weighted by Gasteiger charge is 2.33. The van der Waals surface area contributed by atoms with Crippen LogP contribution >= 0.6 is 11.6 Å². The molecule has 0 N–H and O–H groups in total. The lowest BCUT2D eigenvalue weighted by Gasteiger charge is -2.22. The smallest absolute Gasteiger partial charge is 0.497 e. The zero-order valence-corrected chi connectivity index (χ0v) is 20.2. The molecule has 0 spiro atoms. The number of benzene rings is 2. The molecule has 184 valence electrons. The lowest BCUT2D eigenvalue weighted by atomic mass is 10.1. The van der Waals surface area contributed by atoms with Crippen molar-refractivity contribution in [1.82, 2.24) is 4.57 Å². The molecule has 2 amide bonds. The van der Waals surface area contributed by atoms with Crippen molar-refractivity contribution in [3.05, 3.63) is 63.4 Å². The van der Waals surface area contributed by atoms with E-state index in [0.717, 1.165) is 0 Å². The molecule has 0 aliphatic rings. The summed E-state index contributed by atoms with van der Waals surface area (Å²) in [5.41, 5.74) is -0.951. The van der Waals surface area contributed by atoms with Gasteiger partial charge in [0.25, 0.3) is 11.5 Å². The molecule has 0 radical (unpaired) electrons. The summed E-state index contributed by atoms with van der Waals surface area (Å²) in [6.07, 6.45) is -2.16. The molecule has 0 aliphatic heterocycles. The Labute approximate surface area is 205 Å². The Bertz CT molecular complexity index is 1330. The molecule has 3 rings (SSSR count). The zero-order chi connectivity index (χ0) is 25.7. The third-order valence-electron chi connectivity index (χ3n) is 4.96. The predicted molar refractivity (Wildman–Crippen MR) is 129 cm³/mol. The largest absolute Gasteiger partial charge is 0.513 e. The number of ether oxygens (including phenoxy) is 4. The first-order valence-corrected chi connectivity index (χ1v) is 10.9. The fourth-order valence-corrected chi connectivity index (χ4v) is 3.47. The molecule has 2 aromatic carbocycles. The van der Waals surface area contributed by atoms with Crippen molar-refractivity contribution >= 4 is 46.3 Å². The Morgan fingerprint density at radius 1 is 1.00 bits per heavy atom. The molecule has 0 unspecified atom stereocenters. The van der Waals surface area contributed by atoms with E-state index in [1.165, 1.54) is 49.1 Å². The van der Waals surface area contributed by atoms with Gasteiger partial charge < -0.3 is 23.5 Å². The maximum Gasteiger partial charge on any atom is 0.513 e. The Morgan fingerprint density at radius 3 is 2.26 bits per heavy atom. The van der Waals surface area contributed by atoms with Crippen LogP contribution in [0.4, 0.5) is 15.3 Å². The molecule has 1 heterocycles. The number of hydrogen-bond donors (Lipinski definition) is 0. The summed E-state index contributed by atoms with van der Waals surface area (Å²) in [5.74, 6) is -1.08. The number of rotatable bonds is 6. The van der Waals surface area contributed by atoms with Crippen LogP contribution in [0.3, 0.4) is 0 Å². The molecule has 35 heavy (non-hydrogen) atoms. The van der Waals surface area contributed by atoms with E-state index in [1.807, 2.05) is 0 Å². The van der Waals surface area contributed by atoms with Crippen molar-refractivity contribution in [2.45, 2.75) is 13.8 Å². The van der Waals surface area contributed by atoms with Gasteiger partial charge in [0.05, 0.1) is 31.5 Å². The number of hydrogen-bond acceptors (Lipinski definition) is 8. The molecule has 0 fully saturated rings. The molecule has 0 atom stereocenters. The van der Waals surface area contributed by atoms with Crippen LogP contribution in [-0.2, 0) is 16.5 Å². The van der Waals surface area contributed by atoms with Gasteiger partial charge in [0, 0.05) is 17.5 Å². The summed E-state index contributed by atoms with van der Waals surface area (Å²) in [6, 6.07) is 10.4. The summed E-state index contributed by atoms with van der Waals surface area (Å²) in [5, 5.41) is 0.577. The number of pyridine rings is 1. The summed E-state index contributed by atoms with van der Waals surface area (Å²) in [6.45, 7) is 3.10. The van der Waals surface area contributed by atoms with Crippen molar-refractivity contribution < 1.29 is 33.3 Å². The van der Waals surface area contributed by atoms with Gasteiger partial charge in [0.2, 0.25) is 0 Å². The van der Waals surface area contributed by atoms with Gasteiger partial charge in [0.15, 0.2) is 5.75 Å². The molecular weight excluding hydrogens is 480 g/mol. The number of imide groups is 1. The predicted octanol–water partition coefficient (Wildman–Crippen LogP) is 4.54. The molecule has 1 aromatic heterocycles. The minimum atomic E-state index is -1.13. The van der Waals surface area contributed by atoms with Crippen LogP contribution < -0.4 is 19.9 Å². The van der Waals surface area contributed by atoms with Gasteiger partial charge in [-0.1, -0.05) is 11.6 Å². The number of carbonyl (C=O) groups excluding carboxylic acids is 3. The first-order chi connectivity index (χ1) is 16.7. The minimum absolute atomic E-state index is 0.00602. The standard InChI is InChI=1S/C24H23ClN2O8/c1-5-33-23(30)27(15-9-7-14(25)8-10-15)22(29)19-20(35-24(31)34-6-2)17-13-16(32-4)11-12-18(17)26(3)21(19)28/h7-13H,5-6H2,1-4H3. The lowest BCUT2D eigenvalue weighted by molar-refractivity contribution is 0.0952. The number of halogens is 1. The van der Waals surface area contributed by atoms with Gasteiger partial charge in [-0.2, -0.15) is 0 Å². The van der Waals surface area contributed by atoms with Crippen molar-refractivity contribution in [2.75, 3.05) is 25.2 Å². The lowest BCUT2D eigenvalue weighted by Crippen LogP contribution is -2.41. The first kappa shape index (κ1) is 25.6. The van der Waals surface area contributed by atoms with Crippen molar-refractivity contribution in [3.63, 3.8) is 0 Å². The minimum Gasteiger partial charge on any atom is -0.497 e. The molecule has 0 saturated heterocycles. The Hall–Kier alpha value is -4.05. The number of fused-ring (bicyclic) bond motifs is 1. The normalized spacial score (nSPS) is 10.5. The third kappa shape index (κ3) is 5.22. The van der Waals surface area contributed by atoms with E-state index in [-0.39, 0.29) is 30.0 Å². The Morgan fingerprint density at radius 2 is 1.66 bits per heavy atom. The SMILES string of the molecule is CCOC(=O)Oc1c(C(=O)N(C(=O)OCC)c2ccc(Cl)cc2)c(=O)n(C)c2ccc(OC)cc12. The van der Waals surface area contributed by atoms with E-state index in [2.05, 4.69) is 0 Å². The summed E-state index contributed by atoms with van der Waals surface area (Å²) in [7, 11) is 2.88. The molecular formula is C24H23ClN2O8. The van der Waals surface area contributed by atoms with Crippen LogP contribution in [0.15, 0.2) is 47.3 Å². The van der Waals surface area contributed by atoms with Gasteiger partial charge in [0.1, 0.15) is 11.3 Å². The van der Waals surface area contributed by atoms with Crippen LogP contribution in [0, 0.1) is 0 Å². The van der Waals surface area contributed by atoms with Gasteiger partial charge in [-0.05, 0) is 56.3 Å². The third-order valence-corrected chi connectivity index (χ3v) is 5.21. The van der Waals surface area contributed by atoms with Crippen LogP contribution in [0.2, 0.25) is 5.02 Å². The average molecular weight is 503 g/mol. The highest BCUT2D eigenvalue weighted by Crippen LogP contribution is 2.33. The zero-order valence-electron chi connectivity index (χ0n) is 19.5. The first-order valence-electron chi connectivity index (χ1n) is 10.6. The molecule has 10 nitrogen and oxygen atoms in total. The van der Waals surface area contributed by atoms with Crippen molar-refractivity contribution in [2.24, 2.45) is 7.05 Å². The number of methoxy groups -OCH3 is 1. The fourth-order valence-electron chi connectivity index (χ4n) is 3.35. The number of carbonyl (C=O) groups is 3. The second-order valence-electron chi connectivity index (χ2n) is 7.05. The van der Waals surface area contributed by atoms with Crippen LogP contribution in [0.5, 0.6) is 11.5 Å². The van der Waals surface area contributed by atoms with Gasteiger partial charge >= 0.3 is 12.2 Å². The van der Waals surface area contributed by atoms with Crippen molar-refractivity contribution in [3.8, 4) is 11.5 Å². The van der Waals surface area contributed by atoms with Gasteiger partial charge in [-0.25, -0.2) is 14.5 Å². The van der Waals surface area contributed by atoms with E-state index < -0.39 is 29.3 Å². The Kier molecular flexibility index (Phi) is 7.98. The molecule has 0 bridgehead atoms. The number of aryl methyl sites for hydroxylation is 1. The number of anilines is 1. The summed E-state index contributed by atoms with van der Waals surface area (Å²) in [4.78, 5) is 53.0. The van der Waals surface area contributed by atoms with Crippen LogP contribution in [-0.4, -0.2) is 43.0 Å². The topological polar surface area (TPSA) is 113 Å². The molecule has 0 saturated carbocycles. The molecule has 11 heteroatoms. The van der Waals surface area contributed by atoms with Gasteiger partial charge in [-0.3, -0.25) is 9.59 Å². The average Bonchev–Trinajstić information content (AvgIpc) is 2.83. The van der Waals surface area contributed by atoms with Gasteiger partial charge in [-0.15, -0.1) is 0 Å². The van der Waals surface area contributed by atoms with E-state index in [4.69, 9.17) is 30.5 Å². The number of nitrogens with zero attached hydrogens (tertiary/aromatic N) is 2. The Balaban J connectivity index is 2.33. The molecule has 3 aromatic rings. The second-order valence-corrected chi connectivity index (χ2v) is 7.49. The van der Waals surface area contributed by atoms with E-state index in [9.17, 15) is 19.2 Å². The van der Waals surface area contributed by atoms with E-state index >= 15 is 0 Å². The number of aromatic nitrogens is 1. The summed E-state index contributed by atoms with van der Waals surface area (Å²) < 4.78 is 21.7. The van der Waals surface area contributed by atoms with Crippen LogP contribution in [0.25, 0.3) is 10.9 Å². The number of amides is 2. The maximum absolute atomic E-state index is 13.8. The van der Waals surface area contributed by atoms with E-state index in [1.54, 1.807) is 26.0 Å². The maximum atomic E-state index is 13.8. The summed E-state index contributed by atoms with van der Waals surface area (Å²) >= 11 is 5.95. The fraction of sp³-hybridized carbons (Fsp3) is 0.250. The highest BCUT2D eigenvalue weighted by atomic mass is 35.5. The monoisotopic (exact) mass is 502 g/mol.